The molecule has 0 amide bonds. The number of thiol groups is 1. The molecule has 0 spiro atoms. The van der Waals surface area contributed by atoms with Gasteiger partial charge in [-0.3, -0.25) is 0 Å². The van der Waals surface area contributed by atoms with Crippen molar-refractivity contribution in [1.29, 1.82) is 0 Å². The summed E-state index contributed by atoms with van der Waals surface area (Å²) >= 11 is 9.15. The van der Waals surface area contributed by atoms with Crippen LogP contribution >= 0.6 is 24.2 Å². The first-order valence-corrected chi connectivity index (χ1v) is 4.85. The number of halogens is 2. The summed E-state index contributed by atoms with van der Waals surface area (Å²) < 4.78 is 12.9. The maximum Gasteiger partial charge on any atom is 0.164 e. The van der Waals surface area contributed by atoms with Gasteiger partial charge in [0, 0.05) is 17.5 Å². The molecule has 2 atom stereocenters. The number of aliphatic hydroxyl groups is 2. The van der Waals surface area contributed by atoms with E-state index in [1.54, 1.807) is 0 Å². The van der Waals surface area contributed by atoms with Gasteiger partial charge in [0.1, 0.15) is 6.10 Å². The molecule has 78 valence electrons. The van der Waals surface area contributed by atoms with E-state index in [0.717, 1.165) is 6.07 Å². The van der Waals surface area contributed by atoms with E-state index in [1.165, 1.54) is 6.20 Å². The fraction of sp³-hybridized carbons (Fsp3) is 0.375. The molecule has 0 saturated carbocycles. The number of aliphatic hydroxyl groups excluding tert-OH is 2. The minimum absolute atomic E-state index is 0.0748. The van der Waals surface area contributed by atoms with Crippen LogP contribution in [0.2, 0.25) is 5.15 Å². The van der Waals surface area contributed by atoms with E-state index in [0.29, 0.717) is 0 Å². The standard InChI is InChI=1S/C8H9ClFNO2S/c9-8-5(10)1-4(2-11-8)7(13)6(12)3-14/h1-2,6-7,12-14H,3H2. The zero-order chi connectivity index (χ0) is 10.7. The molecule has 0 fully saturated rings. The Labute approximate surface area is 91.0 Å². The molecule has 0 aliphatic carbocycles. The van der Waals surface area contributed by atoms with Gasteiger partial charge >= 0.3 is 0 Å². The molecule has 0 radical (unpaired) electrons. The number of pyridine rings is 1. The zero-order valence-corrected chi connectivity index (χ0v) is 8.71. The topological polar surface area (TPSA) is 53.4 Å². The van der Waals surface area contributed by atoms with Gasteiger partial charge in [-0.15, -0.1) is 0 Å². The summed E-state index contributed by atoms with van der Waals surface area (Å²) in [4.78, 5) is 3.51. The molecule has 1 rings (SSSR count). The second-order valence-electron chi connectivity index (χ2n) is 2.74. The van der Waals surface area contributed by atoms with Crippen LogP contribution in [-0.4, -0.2) is 27.1 Å². The summed E-state index contributed by atoms with van der Waals surface area (Å²) in [7, 11) is 0. The lowest BCUT2D eigenvalue weighted by Gasteiger charge is -2.15. The first-order valence-electron chi connectivity index (χ1n) is 3.84. The Morgan fingerprint density at radius 2 is 2.21 bits per heavy atom. The lowest BCUT2D eigenvalue weighted by atomic mass is 10.1. The Balaban J connectivity index is 2.91. The maximum atomic E-state index is 12.9. The minimum Gasteiger partial charge on any atom is -0.389 e. The summed E-state index contributed by atoms with van der Waals surface area (Å²) in [5, 5.41) is 18.4. The summed E-state index contributed by atoms with van der Waals surface area (Å²) in [5.74, 6) is -0.652. The van der Waals surface area contributed by atoms with Crippen molar-refractivity contribution in [3.05, 3.63) is 28.8 Å². The van der Waals surface area contributed by atoms with Gasteiger partial charge in [-0.1, -0.05) is 11.6 Å². The predicted molar refractivity (Wildman–Crippen MR) is 54.0 cm³/mol. The van der Waals surface area contributed by atoms with Crippen molar-refractivity contribution in [2.45, 2.75) is 12.2 Å². The third kappa shape index (κ3) is 2.57. The molecule has 0 bridgehead atoms. The third-order valence-electron chi connectivity index (χ3n) is 1.71. The highest BCUT2D eigenvalue weighted by molar-refractivity contribution is 7.80. The average Bonchev–Trinajstić information content (AvgIpc) is 2.20. The first-order chi connectivity index (χ1) is 6.56. The summed E-state index contributed by atoms with van der Waals surface area (Å²) in [6, 6.07) is 1.03. The normalized spacial score (nSPS) is 15.2. The Bertz CT molecular complexity index is 326. The average molecular weight is 238 g/mol. The van der Waals surface area contributed by atoms with Gasteiger partial charge < -0.3 is 10.2 Å². The maximum absolute atomic E-state index is 12.9. The van der Waals surface area contributed by atoms with E-state index in [1.807, 2.05) is 0 Å². The molecule has 2 N–H and O–H groups in total. The van der Waals surface area contributed by atoms with Crippen LogP contribution < -0.4 is 0 Å². The smallest absolute Gasteiger partial charge is 0.164 e. The van der Waals surface area contributed by atoms with Crippen molar-refractivity contribution in [2.75, 3.05) is 5.75 Å². The predicted octanol–water partition coefficient (Wildman–Crippen LogP) is 1.20. The van der Waals surface area contributed by atoms with Gasteiger partial charge in [-0.05, 0) is 6.07 Å². The van der Waals surface area contributed by atoms with Gasteiger partial charge in [0.05, 0.1) is 6.10 Å². The van der Waals surface area contributed by atoms with Gasteiger partial charge in [-0.2, -0.15) is 12.6 Å². The molecule has 3 nitrogen and oxygen atoms in total. The van der Waals surface area contributed by atoms with Gasteiger partial charge in [0.15, 0.2) is 11.0 Å². The SMILES string of the molecule is OC(CS)C(O)c1cnc(Cl)c(F)c1. The second-order valence-corrected chi connectivity index (χ2v) is 3.46. The third-order valence-corrected chi connectivity index (χ3v) is 2.36. The lowest BCUT2D eigenvalue weighted by Crippen LogP contribution is -2.20. The zero-order valence-electron chi connectivity index (χ0n) is 7.06. The van der Waals surface area contributed by atoms with Crippen LogP contribution in [0.5, 0.6) is 0 Å². The Hall–Kier alpha value is -0.360. The van der Waals surface area contributed by atoms with Gasteiger partial charge in [-0.25, -0.2) is 9.37 Å². The molecular formula is C8H9ClFNO2S. The van der Waals surface area contributed by atoms with Crippen molar-refractivity contribution in [2.24, 2.45) is 0 Å². The van der Waals surface area contributed by atoms with E-state index in [4.69, 9.17) is 11.6 Å². The molecule has 0 aliphatic rings. The van der Waals surface area contributed by atoms with Gasteiger partial charge in [0.2, 0.25) is 0 Å². The Morgan fingerprint density at radius 1 is 1.57 bits per heavy atom. The molecule has 1 heterocycles. The molecule has 14 heavy (non-hydrogen) atoms. The fourth-order valence-corrected chi connectivity index (χ4v) is 1.22. The molecule has 0 aliphatic heterocycles. The minimum atomic E-state index is -1.20. The molecule has 6 heteroatoms. The molecule has 2 unspecified atom stereocenters. The number of hydrogen-bond donors (Lipinski definition) is 3. The monoisotopic (exact) mass is 237 g/mol. The number of aromatic nitrogens is 1. The van der Waals surface area contributed by atoms with Crippen LogP contribution in [0.1, 0.15) is 11.7 Å². The lowest BCUT2D eigenvalue weighted by molar-refractivity contribution is 0.0333. The highest BCUT2D eigenvalue weighted by Crippen LogP contribution is 2.20. The van der Waals surface area contributed by atoms with Crippen LogP contribution in [0.3, 0.4) is 0 Å². The molecule has 1 aromatic heterocycles. The highest BCUT2D eigenvalue weighted by Gasteiger charge is 2.18. The summed E-state index contributed by atoms with van der Waals surface area (Å²) in [6.07, 6.45) is -1.05. The fourth-order valence-electron chi connectivity index (χ4n) is 0.920. The second kappa shape index (κ2) is 4.93. The number of nitrogens with zero attached hydrogens (tertiary/aromatic N) is 1. The summed E-state index contributed by atoms with van der Waals surface area (Å²) in [5.41, 5.74) is 0.174. The number of hydrogen-bond acceptors (Lipinski definition) is 4. The molecule has 0 aromatic carbocycles. The van der Waals surface area contributed by atoms with Crippen molar-refractivity contribution in [3.8, 4) is 0 Å². The molecule has 0 saturated heterocycles. The van der Waals surface area contributed by atoms with Crippen molar-refractivity contribution in [3.63, 3.8) is 0 Å². The summed E-state index contributed by atoms with van der Waals surface area (Å²) in [6.45, 7) is 0. The van der Waals surface area contributed by atoms with Crippen LogP contribution in [0.15, 0.2) is 12.3 Å². The van der Waals surface area contributed by atoms with E-state index in [-0.39, 0.29) is 16.5 Å². The quantitative estimate of drug-likeness (QED) is 0.547. The number of rotatable bonds is 3. The highest BCUT2D eigenvalue weighted by atomic mass is 35.5. The molecule has 1 aromatic rings. The molecular weight excluding hydrogens is 229 g/mol. The Kier molecular flexibility index (Phi) is 4.12. The van der Waals surface area contributed by atoms with Crippen LogP contribution in [-0.2, 0) is 0 Å². The van der Waals surface area contributed by atoms with E-state index < -0.39 is 18.0 Å². The van der Waals surface area contributed by atoms with E-state index in [9.17, 15) is 14.6 Å². The van der Waals surface area contributed by atoms with Crippen LogP contribution in [0.25, 0.3) is 0 Å². The van der Waals surface area contributed by atoms with E-state index >= 15 is 0 Å². The largest absolute Gasteiger partial charge is 0.389 e. The van der Waals surface area contributed by atoms with Gasteiger partial charge in [0.25, 0.3) is 0 Å². The first kappa shape index (κ1) is 11.7. The van der Waals surface area contributed by atoms with Crippen LogP contribution in [0, 0.1) is 5.82 Å². The van der Waals surface area contributed by atoms with E-state index in [2.05, 4.69) is 17.6 Å². The van der Waals surface area contributed by atoms with Crippen molar-refractivity contribution < 1.29 is 14.6 Å². The van der Waals surface area contributed by atoms with Crippen molar-refractivity contribution in [1.82, 2.24) is 4.98 Å². The Morgan fingerprint density at radius 3 is 2.71 bits per heavy atom. The van der Waals surface area contributed by atoms with Crippen LogP contribution in [0.4, 0.5) is 4.39 Å². The van der Waals surface area contributed by atoms with Crippen molar-refractivity contribution >= 4 is 24.2 Å².